The summed E-state index contributed by atoms with van der Waals surface area (Å²) in [6.07, 6.45) is 3.67. The van der Waals surface area contributed by atoms with E-state index in [4.69, 9.17) is 0 Å². The molecule has 0 aliphatic heterocycles. The molecular weight excluding hydrogens is 1610 g/mol. The molecule has 17 aromatic rings. The van der Waals surface area contributed by atoms with E-state index in [1.54, 1.807) is 6.20 Å². The molecule has 0 atom stereocenters. The summed E-state index contributed by atoms with van der Waals surface area (Å²) in [5.74, 6) is 2.41. The molecule has 4 heterocycles. The average Bonchev–Trinajstić information content (AvgIpc) is 0.812. The van der Waals surface area contributed by atoms with Gasteiger partial charge in [-0.1, -0.05) is 274 Å². The summed E-state index contributed by atoms with van der Waals surface area (Å²) in [7, 11) is 0. The van der Waals surface area contributed by atoms with E-state index in [-0.39, 0.29) is 40.2 Å². The number of aromatic nitrogens is 10. The van der Waals surface area contributed by atoms with Gasteiger partial charge in [-0.3, -0.25) is 0 Å². The third kappa shape index (κ3) is 16.9. The standard InChI is InChI=1S/C34H21N4.C26H17N4.C18H16N.C12H10N.2Ir/c1-3-11-29-23(7-1)9-5-13-31(29)25-15-19-27(20-16-25)33-35-37-34(38-36-33)28-21-17-26(18-22-28)32-14-6-10-24-8-2-4-12-30(24)32;1-3-7-19(8-4-1)21-11-15-23(16-12-21)25-27-29-26(30-28-25)24-17-13-22(14-18-24)20-9-5-2-6-10-20;1-13(2)15-7-5-8-16(12-15)18-17-9-4-3-6-14(17)10-11-19-18;1-10-5-4-6-11(9-10)12-7-2-3-8-13-12;;/h1-21H;1-17H;3-7,9-13H,1-2H3;2-5,7-9H,1H3;;/q4*-1;;. The van der Waals surface area contributed by atoms with Crippen LogP contribution in [0.5, 0.6) is 0 Å². The Labute approximate surface area is 621 Å². The molecule has 0 aliphatic rings. The molecule has 2 radical (unpaired) electrons. The van der Waals surface area contributed by atoms with Gasteiger partial charge >= 0.3 is 0 Å². The van der Waals surface area contributed by atoms with Crippen molar-refractivity contribution < 1.29 is 40.2 Å². The van der Waals surface area contributed by atoms with E-state index in [9.17, 15) is 0 Å². The Morgan fingerprint density at radius 3 is 1.25 bits per heavy atom. The summed E-state index contributed by atoms with van der Waals surface area (Å²) in [6, 6.07) is 120. The van der Waals surface area contributed by atoms with Crippen molar-refractivity contribution in [3.05, 3.63) is 363 Å². The van der Waals surface area contributed by atoms with Crippen LogP contribution in [0.15, 0.2) is 328 Å². The third-order valence-corrected chi connectivity index (χ3v) is 17.1. The summed E-state index contributed by atoms with van der Waals surface area (Å²) in [5, 5.41) is 41.7. The minimum atomic E-state index is 0. The molecule has 13 aromatic carbocycles. The van der Waals surface area contributed by atoms with Crippen LogP contribution in [-0.2, 0) is 40.2 Å². The summed E-state index contributed by atoms with van der Waals surface area (Å²) < 4.78 is 0. The van der Waals surface area contributed by atoms with E-state index in [0.29, 0.717) is 29.2 Å². The molecule has 0 spiro atoms. The number of fused-ring (bicyclic) bond motifs is 3. The van der Waals surface area contributed by atoms with Crippen molar-refractivity contribution in [1.82, 2.24) is 50.8 Å². The molecule has 0 saturated carbocycles. The smallest absolute Gasteiger partial charge is 0.201 e. The molecule has 102 heavy (non-hydrogen) atoms. The predicted molar refractivity (Wildman–Crippen MR) is 405 cm³/mol. The monoisotopic (exact) mass is 1670 g/mol. The molecule has 10 nitrogen and oxygen atoms in total. The maximum Gasteiger partial charge on any atom is 0.201 e. The fourth-order valence-electron chi connectivity index (χ4n) is 11.8. The SMILES string of the molecule is CC(C)c1cc[c-]c(-c2nccc3ccccc23)c1.Cc1cc[c-]c(-c2ccccn2)c1.[Ir].[Ir].[c-]1cc(-c2cccc3ccccc23)ccc1-c1nnc(-c2ccc(-c3cccc4ccccc34)cc2)nn1.[c-]1cc(-c2ccccc2)ccc1-c1nnc(-c2ccc(-c3ccccc3)cc2)nn1. The minimum absolute atomic E-state index is 0. The Bertz CT molecular complexity index is 5280. The van der Waals surface area contributed by atoms with Crippen LogP contribution >= 0.6 is 0 Å². The Hall–Kier alpha value is -11.9. The number of hydrogen-bond acceptors (Lipinski definition) is 10. The summed E-state index contributed by atoms with van der Waals surface area (Å²) in [4.78, 5) is 8.81. The van der Waals surface area contributed by atoms with Crippen LogP contribution < -0.4 is 0 Å². The normalized spacial score (nSPS) is 10.6. The van der Waals surface area contributed by atoms with Gasteiger partial charge in [0.1, 0.15) is 11.6 Å². The van der Waals surface area contributed by atoms with Crippen LogP contribution in [0, 0.1) is 31.2 Å². The number of benzene rings is 13. The van der Waals surface area contributed by atoms with E-state index in [1.165, 1.54) is 60.1 Å². The average molecular weight is 1670 g/mol. The summed E-state index contributed by atoms with van der Waals surface area (Å²) in [5.41, 5.74) is 19.1. The number of pyridine rings is 2. The topological polar surface area (TPSA) is 129 Å². The molecule has 17 rings (SSSR count). The van der Waals surface area contributed by atoms with E-state index in [2.05, 4.69) is 278 Å². The van der Waals surface area contributed by atoms with Gasteiger partial charge in [0.15, 0.2) is 0 Å². The Balaban J connectivity index is 0.000000136. The zero-order chi connectivity index (χ0) is 67.8. The van der Waals surface area contributed by atoms with Gasteiger partial charge in [-0.05, 0) is 84.0 Å². The fraction of sp³-hybridized carbons (Fsp3) is 0.0444. The first-order chi connectivity index (χ1) is 49.3. The third-order valence-electron chi connectivity index (χ3n) is 17.1. The fourth-order valence-corrected chi connectivity index (χ4v) is 11.8. The number of aryl methyl sites for hydroxylation is 1. The van der Waals surface area contributed by atoms with Crippen LogP contribution in [0.4, 0.5) is 0 Å². The van der Waals surface area contributed by atoms with Crippen molar-refractivity contribution in [2.45, 2.75) is 26.7 Å². The predicted octanol–water partition coefficient (Wildman–Crippen LogP) is 21.5. The van der Waals surface area contributed by atoms with Gasteiger partial charge in [-0.2, -0.15) is 20.4 Å². The van der Waals surface area contributed by atoms with Crippen molar-refractivity contribution in [3.63, 3.8) is 0 Å². The van der Waals surface area contributed by atoms with Gasteiger partial charge in [0.25, 0.3) is 0 Å². The molecule has 0 unspecified atom stereocenters. The van der Waals surface area contributed by atoms with Gasteiger partial charge < -0.3 is 9.97 Å². The zero-order valence-electron chi connectivity index (χ0n) is 55.9. The Morgan fingerprint density at radius 1 is 0.284 bits per heavy atom. The van der Waals surface area contributed by atoms with Gasteiger partial charge in [0.2, 0.25) is 11.6 Å². The van der Waals surface area contributed by atoms with Crippen LogP contribution in [0.1, 0.15) is 30.9 Å². The van der Waals surface area contributed by atoms with Crippen molar-refractivity contribution >= 4 is 32.3 Å². The quantitative estimate of drug-likeness (QED) is 0.115. The van der Waals surface area contributed by atoms with Crippen molar-refractivity contribution in [3.8, 4) is 113 Å². The molecular formula is C90H64Ir2N10-4. The second-order valence-electron chi connectivity index (χ2n) is 24.1. The number of rotatable bonds is 11. The largest absolute Gasteiger partial charge is 0.305 e. The number of nitrogens with zero attached hydrogens (tertiary/aromatic N) is 10. The van der Waals surface area contributed by atoms with Gasteiger partial charge in [-0.25, -0.2) is 0 Å². The summed E-state index contributed by atoms with van der Waals surface area (Å²) >= 11 is 0. The van der Waals surface area contributed by atoms with Crippen molar-refractivity contribution in [2.75, 3.05) is 0 Å². The van der Waals surface area contributed by atoms with Crippen LogP contribution in [0.2, 0.25) is 0 Å². The molecule has 0 saturated heterocycles. The molecule has 0 amide bonds. The van der Waals surface area contributed by atoms with Crippen molar-refractivity contribution in [1.29, 1.82) is 0 Å². The molecule has 0 bridgehead atoms. The van der Waals surface area contributed by atoms with Gasteiger partial charge in [0, 0.05) is 63.7 Å². The minimum Gasteiger partial charge on any atom is -0.305 e. The van der Waals surface area contributed by atoms with Gasteiger partial charge in [-0.15, -0.1) is 151 Å². The maximum absolute atomic E-state index is 4.55. The van der Waals surface area contributed by atoms with Crippen LogP contribution in [0.3, 0.4) is 0 Å². The second kappa shape index (κ2) is 33.8. The molecule has 0 fully saturated rings. The first-order valence-corrected chi connectivity index (χ1v) is 33.0. The Kier molecular flexibility index (Phi) is 23.2. The van der Waals surface area contributed by atoms with E-state index < -0.39 is 0 Å². The Morgan fingerprint density at radius 2 is 0.716 bits per heavy atom. The van der Waals surface area contributed by atoms with Crippen LogP contribution in [-0.4, -0.2) is 50.8 Å². The molecule has 4 aromatic heterocycles. The molecule has 496 valence electrons. The maximum atomic E-state index is 4.55. The first-order valence-electron chi connectivity index (χ1n) is 33.0. The van der Waals surface area contributed by atoms with Gasteiger partial charge in [0.05, 0.1) is 0 Å². The van der Waals surface area contributed by atoms with E-state index in [1.807, 2.05) is 140 Å². The first kappa shape index (κ1) is 70.0. The number of hydrogen-bond donors (Lipinski definition) is 0. The van der Waals surface area contributed by atoms with Crippen molar-refractivity contribution in [2.24, 2.45) is 0 Å². The molecule has 12 heteroatoms. The second-order valence-corrected chi connectivity index (χ2v) is 24.1. The molecule has 0 N–H and O–H groups in total. The van der Waals surface area contributed by atoms with Crippen LogP contribution in [0.25, 0.3) is 145 Å². The summed E-state index contributed by atoms with van der Waals surface area (Å²) in [6.45, 7) is 6.48. The van der Waals surface area contributed by atoms with E-state index in [0.717, 1.165) is 72.6 Å². The zero-order valence-corrected chi connectivity index (χ0v) is 60.7. The molecule has 0 aliphatic carbocycles. The van der Waals surface area contributed by atoms with E-state index >= 15 is 0 Å².